The second-order valence-corrected chi connectivity index (χ2v) is 7.38. The quantitative estimate of drug-likeness (QED) is 0.664. The average molecular weight is 440 g/mol. The van der Waals surface area contributed by atoms with Crippen molar-refractivity contribution in [3.63, 3.8) is 0 Å². The van der Waals surface area contributed by atoms with Crippen molar-refractivity contribution in [2.45, 2.75) is 25.9 Å². The number of alkyl halides is 3. The summed E-state index contributed by atoms with van der Waals surface area (Å²) >= 11 is 6.08. The SMILES string of the molecule is CC1C=CC(CCNC(=O)COc2cc(C(F)(F)F)nn2-c2ccccc2Cl)=CC1. The summed E-state index contributed by atoms with van der Waals surface area (Å²) in [5, 5.41) is 6.46. The maximum Gasteiger partial charge on any atom is 0.435 e. The Morgan fingerprint density at radius 3 is 2.80 bits per heavy atom. The van der Waals surface area contributed by atoms with Gasteiger partial charge in [-0.1, -0.05) is 54.5 Å². The number of halogens is 4. The zero-order chi connectivity index (χ0) is 21.7. The van der Waals surface area contributed by atoms with Crippen molar-refractivity contribution in [2.75, 3.05) is 13.2 Å². The van der Waals surface area contributed by atoms with Crippen LogP contribution in [0.25, 0.3) is 5.69 Å². The summed E-state index contributed by atoms with van der Waals surface area (Å²) in [7, 11) is 0. The molecule has 2 aromatic rings. The molecule has 0 fully saturated rings. The lowest BCUT2D eigenvalue weighted by atomic mass is 9.97. The fraction of sp³-hybridized carbons (Fsp3) is 0.333. The van der Waals surface area contributed by atoms with Crippen LogP contribution in [0.3, 0.4) is 0 Å². The average Bonchev–Trinajstić information content (AvgIpc) is 3.13. The lowest BCUT2D eigenvalue weighted by Crippen LogP contribution is -2.30. The summed E-state index contributed by atoms with van der Waals surface area (Å²) in [6.07, 6.45) is 3.27. The van der Waals surface area contributed by atoms with E-state index in [0.29, 0.717) is 18.9 Å². The fourth-order valence-corrected chi connectivity index (χ4v) is 3.11. The zero-order valence-corrected chi connectivity index (χ0v) is 17.0. The number of benzene rings is 1. The standard InChI is InChI=1S/C21H21ClF3N3O2/c1-14-6-8-15(9-7-14)10-11-26-19(29)13-30-20-12-18(21(23,24)25)27-28(20)17-5-3-2-4-16(17)22/h2-6,8-9,12,14H,7,10-11,13H2,1H3,(H,26,29). The molecule has 5 nitrogen and oxygen atoms in total. The summed E-state index contributed by atoms with van der Waals surface area (Å²) < 4.78 is 45.6. The van der Waals surface area contributed by atoms with Crippen molar-refractivity contribution >= 4 is 17.5 Å². The molecule has 1 N–H and O–H groups in total. The van der Waals surface area contributed by atoms with Gasteiger partial charge in [-0.05, 0) is 30.9 Å². The van der Waals surface area contributed by atoms with Crippen LogP contribution in [0.1, 0.15) is 25.5 Å². The number of hydrogen-bond donors (Lipinski definition) is 1. The lowest BCUT2D eigenvalue weighted by Gasteiger charge is -2.13. The first-order valence-electron chi connectivity index (χ1n) is 9.43. The maximum atomic E-state index is 13.1. The Morgan fingerprint density at radius 2 is 2.13 bits per heavy atom. The number of nitrogens with one attached hydrogen (secondary N) is 1. The molecule has 160 valence electrons. The van der Waals surface area contributed by atoms with Gasteiger partial charge in [-0.2, -0.15) is 23.0 Å². The van der Waals surface area contributed by atoms with Crippen LogP contribution < -0.4 is 10.1 Å². The minimum atomic E-state index is -4.66. The maximum absolute atomic E-state index is 13.1. The van der Waals surface area contributed by atoms with Gasteiger partial charge in [0.1, 0.15) is 0 Å². The molecule has 1 atom stereocenters. The van der Waals surface area contributed by atoms with Crippen LogP contribution in [0.4, 0.5) is 13.2 Å². The second kappa shape index (κ2) is 9.38. The number of allylic oxidation sites excluding steroid dienone is 3. The van der Waals surface area contributed by atoms with E-state index in [1.54, 1.807) is 12.1 Å². The number of rotatable bonds is 7. The van der Waals surface area contributed by atoms with Crippen LogP contribution in [0.2, 0.25) is 5.02 Å². The van der Waals surface area contributed by atoms with E-state index >= 15 is 0 Å². The van der Waals surface area contributed by atoms with Crippen LogP contribution in [-0.4, -0.2) is 28.8 Å². The highest BCUT2D eigenvalue weighted by Gasteiger charge is 2.36. The Morgan fingerprint density at radius 1 is 1.37 bits per heavy atom. The Labute approximate surface area is 177 Å². The van der Waals surface area contributed by atoms with Crippen LogP contribution in [-0.2, 0) is 11.0 Å². The van der Waals surface area contributed by atoms with Gasteiger partial charge in [0.05, 0.1) is 10.7 Å². The van der Waals surface area contributed by atoms with Crippen molar-refractivity contribution in [3.05, 3.63) is 64.8 Å². The molecule has 1 aliphatic rings. The van der Waals surface area contributed by atoms with Gasteiger partial charge in [-0.15, -0.1) is 0 Å². The molecule has 1 aromatic carbocycles. The Balaban J connectivity index is 1.63. The third-order valence-electron chi connectivity index (χ3n) is 4.53. The molecule has 1 amide bonds. The summed E-state index contributed by atoms with van der Waals surface area (Å²) in [6, 6.07) is 7.04. The molecular weight excluding hydrogens is 419 g/mol. The number of nitrogens with zero attached hydrogens (tertiary/aromatic N) is 2. The highest BCUT2D eigenvalue weighted by Crippen LogP contribution is 2.33. The number of carbonyl (C=O) groups is 1. The van der Waals surface area contributed by atoms with Crippen LogP contribution >= 0.6 is 11.6 Å². The Kier molecular flexibility index (Phi) is 6.87. The smallest absolute Gasteiger partial charge is 0.435 e. The van der Waals surface area contributed by atoms with Gasteiger partial charge in [-0.3, -0.25) is 4.79 Å². The Hall–Kier alpha value is -2.74. The van der Waals surface area contributed by atoms with Gasteiger partial charge < -0.3 is 10.1 Å². The molecule has 30 heavy (non-hydrogen) atoms. The van der Waals surface area contributed by atoms with Crippen molar-refractivity contribution in [1.82, 2.24) is 15.1 Å². The molecule has 9 heteroatoms. The minimum absolute atomic E-state index is 0.201. The topological polar surface area (TPSA) is 56.1 Å². The van der Waals surface area contributed by atoms with Gasteiger partial charge in [0.2, 0.25) is 5.88 Å². The third kappa shape index (κ3) is 5.66. The van der Waals surface area contributed by atoms with Crippen molar-refractivity contribution < 1.29 is 22.7 Å². The highest BCUT2D eigenvalue weighted by molar-refractivity contribution is 6.32. The lowest BCUT2D eigenvalue weighted by molar-refractivity contribution is -0.141. The van der Waals surface area contributed by atoms with Crippen LogP contribution in [0.15, 0.2) is 54.1 Å². The first-order chi connectivity index (χ1) is 14.2. The van der Waals surface area contributed by atoms with Crippen molar-refractivity contribution in [2.24, 2.45) is 5.92 Å². The molecule has 1 unspecified atom stereocenters. The van der Waals surface area contributed by atoms with E-state index in [9.17, 15) is 18.0 Å². The first-order valence-corrected chi connectivity index (χ1v) is 9.80. The van der Waals surface area contributed by atoms with Gasteiger partial charge >= 0.3 is 6.18 Å². The molecule has 1 heterocycles. The van der Waals surface area contributed by atoms with Gasteiger partial charge in [0.25, 0.3) is 5.91 Å². The number of ether oxygens (including phenoxy) is 1. The van der Waals surface area contributed by atoms with E-state index in [2.05, 4.69) is 29.5 Å². The molecule has 0 saturated heterocycles. The van der Waals surface area contributed by atoms with Crippen LogP contribution in [0, 0.1) is 5.92 Å². The number of para-hydroxylation sites is 1. The molecular formula is C21H21ClF3N3O2. The van der Waals surface area contributed by atoms with E-state index in [0.717, 1.165) is 22.7 Å². The van der Waals surface area contributed by atoms with Crippen molar-refractivity contribution in [3.8, 4) is 11.6 Å². The van der Waals surface area contributed by atoms with Gasteiger partial charge in [0, 0.05) is 12.6 Å². The van der Waals surface area contributed by atoms with Crippen molar-refractivity contribution in [1.29, 1.82) is 0 Å². The van der Waals surface area contributed by atoms with E-state index in [-0.39, 0.29) is 16.6 Å². The monoisotopic (exact) mass is 439 g/mol. The van der Waals surface area contributed by atoms with E-state index < -0.39 is 24.4 Å². The second-order valence-electron chi connectivity index (χ2n) is 6.97. The summed E-state index contributed by atoms with van der Waals surface area (Å²) in [6.45, 7) is 2.09. The molecule has 1 aliphatic carbocycles. The summed E-state index contributed by atoms with van der Waals surface area (Å²) in [5.41, 5.74) is 0.222. The number of aromatic nitrogens is 2. The summed E-state index contributed by atoms with van der Waals surface area (Å²) in [5.74, 6) is -0.150. The van der Waals surface area contributed by atoms with E-state index in [4.69, 9.17) is 16.3 Å². The molecule has 0 spiro atoms. The minimum Gasteiger partial charge on any atom is -0.467 e. The number of amides is 1. The fourth-order valence-electron chi connectivity index (χ4n) is 2.90. The zero-order valence-electron chi connectivity index (χ0n) is 16.2. The number of hydrogen-bond acceptors (Lipinski definition) is 3. The molecule has 0 bridgehead atoms. The molecule has 0 saturated carbocycles. The highest BCUT2D eigenvalue weighted by atomic mass is 35.5. The number of carbonyl (C=O) groups excluding carboxylic acids is 1. The van der Waals surface area contributed by atoms with Crippen LogP contribution in [0.5, 0.6) is 5.88 Å². The van der Waals surface area contributed by atoms with Gasteiger partial charge in [0.15, 0.2) is 12.3 Å². The molecule has 0 radical (unpaired) electrons. The normalized spacial score (nSPS) is 16.3. The summed E-state index contributed by atoms with van der Waals surface area (Å²) in [4.78, 5) is 12.1. The molecule has 0 aliphatic heterocycles. The van der Waals surface area contributed by atoms with Gasteiger partial charge in [-0.25, -0.2) is 0 Å². The third-order valence-corrected chi connectivity index (χ3v) is 4.85. The predicted molar refractivity (Wildman–Crippen MR) is 108 cm³/mol. The van der Waals surface area contributed by atoms with E-state index in [1.165, 1.54) is 12.1 Å². The predicted octanol–water partition coefficient (Wildman–Crippen LogP) is 4.95. The molecule has 1 aromatic heterocycles. The Bertz CT molecular complexity index is 967. The van der Waals surface area contributed by atoms with E-state index in [1.807, 2.05) is 6.08 Å². The largest absolute Gasteiger partial charge is 0.467 e. The first kappa shape index (κ1) is 22.0. The molecule has 3 rings (SSSR count).